The van der Waals surface area contributed by atoms with Crippen LogP contribution in [0.4, 0.5) is 5.69 Å². The molecule has 0 saturated heterocycles. The van der Waals surface area contributed by atoms with Crippen LogP contribution in [-0.4, -0.2) is 30.1 Å². The smallest absolute Gasteiger partial charge is 0.316 e. The molecular formula is C16H16N4O3. The fourth-order valence-electron chi connectivity index (χ4n) is 2.00. The lowest BCUT2D eigenvalue weighted by Gasteiger charge is -2.11. The number of anilines is 1. The summed E-state index contributed by atoms with van der Waals surface area (Å²) in [7, 11) is 3.93. The second-order valence-electron chi connectivity index (χ2n) is 5.13. The third-order valence-electron chi connectivity index (χ3n) is 3.27. The number of nitrogens with zero attached hydrogens (tertiary/aromatic N) is 3. The van der Waals surface area contributed by atoms with E-state index >= 15 is 0 Å². The maximum atomic E-state index is 12.0. The van der Waals surface area contributed by atoms with Crippen LogP contribution in [0.15, 0.2) is 51.6 Å². The Hall–Kier alpha value is -3.09. The van der Waals surface area contributed by atoms with Gasteiger partial charge in [-0.15, -0.1) is 0 Å². The first-order chi connectivity index (χ1) is 11.1. The summed E-state index contributed by atoms with van der Waals surface area (Å²) in [5.74, 6) is 0.504. The number of furan rings is 1. The number of carbonyl (C=O) groups is 1. The molecule has 7 nitrogen and oxygen atoms in total. The number of hydrogen-bond donors (Lipinski definition) is 1. The third-order valence-corrected chi connectivity index (χ3v) is 3.27. The van der Waals surface area contributed by atoms with Crippen molar-refractivity contribution in [3.8, 4) is 11.4 Å². The van der Waals surface area contributed by atoms with Gasteiger partial charge < -0.3 is 19.2 Å². The Morgan fingerprint density at radius 2 is 2.00 bits per heavy atom. The molecular weight excluding hydrogens is 296 g/mol. The van der Waals surface area contributed by atoms with Gasteiger partial charge >= 0.3 is 11.8 Å². The fourth-order valence-corrected chi connectivity index (χ4v) is 2.00. The van der Waals surface area contributed by atoms with E-state index in [0.717, 1.165) is 11.3 Å². The van der Waals surface area contributed by atoms with Crippen LogP contribution in [0.5, 0.6) is 0 Å². The zero-order chi connectivity index (χ0) is 16.2. The quantitative estimate of drug-likeness (QED) is 0.778. The van der Waals surface area contributed by atoms with Gasteiger partial charge in [0.1, 0.15) is 5.76 Å². The molecule has 0 aliphatic carbocycles. The maximum absolute atomic E-state index is 12.0. The molecule has 0 atom stereocenters. The number of benzene rings is 1. The van der Waals surface area contributed by atoms with E-state index < -0.39 is 5.91 Å². The molecule has 2 heterocycles. The molecule has 118 valence electrons. The van der Waals surface area contributed by atoms with Crippen molar-refractivity contribution in [1.82, 2.24) is 15.5 Å². The van der Waals surface area contributed by atoms with E-state index in [-0.39, 0.29) is 12.4 Å². The Balaban J connectivity index is 1.68. The average Bonchev–Trinajstić information content (AvgIpc) is 3.24. The number of nitrogens with one attached hydrogen (secondary N) is 1. The summed E-state index contributed by atoms with van der Waals surface area (Å²) in [6.07, 6.45) is 1.55. The minimum atomic E-state index is -0.440. The summed E-state index contributed by atoms with van der Waals surface area (Å²) in [5, 5.41) is 6.50. The lowest BCUT2D eigenvalue weighted by Crippen LogP contribution is -2.22. The molecule has 0 aliphatic rings. The van der Waals surface area contributed by atoms with E-state index in [1.165, 1.54) is 0 Å². The van der Waals surface area contributed by atoms with Crippen LogP contribution in [-0.2, 0) is 6.54 Å². The van der Waals surface area contributed by atoms with Crippen LogP contribution < -0.4 is 10.2 Å². The van der Waals surface area contributed by atoms with Crippen LogP contribution in [0.1, 0.15) is 16.4 Å². The second-order valence-corrected chi connectivity index (χ2v) is 5.13. The first kappa shape index (κ1) is 14.8. The summed E-state index contributed by atoms with van der Waals surface area (Å²) in [5.41, 5.74) is 1.85. The van der Waals surface area contributed by atoms with Gasteiger partial charge in [0.2, 0.25) is 5.82 Å². The number of hydrogen-bond acceptors (Lipinski definition) is 6. The van der Waals surface area contributed by atoms with Gasteiger partial charge in [0.15, 0.2) is 0 Å². The van der Waals surface area contributed by atoms with Crippen molar-refractivity contribution in [2.75, 3.05) is 19.0 Å². The SMILES string of the molecule is CN(C)c1ccc(-c2noc(C(=O)NCc3ccco3)n2)cc1. The maximum Gasteiger partial charge on any atom is 0.316 e. The first-order valence-electron chi connectivity index (χ1n) is 7.05. The Morgan fingerprint density at radius 1 is 1.22 bits per heavy atom. The molecule has 7 heteroatoms. The number of rotatable bonds is 5. The monoisotopic (exact) mass is 312 g/mol. The van der Waals surface area contributed by atoms with Crippen molar-refractivity contribution in [3.05, 3.63) is 54.3 Å². The van der Waals surface area contributed by atoms with E-state index in [2.05, 4.69) is 15.5 Å². The van der Waals surface area contributed by atoms with Gasteiger partial charge in [-0.05, 0) is 36.4 Å². The second kappa shape index (κ2) is 6.35. The van der Waals surface area contributed by atoms with Crippen LogP contribution in [0.3, 0.4) is 0 Å². The van der Waals surface area contributed by atoms with Gasteiger partial charge in [0.05, 0.1) is 12.8 Å². The lowest BCUT2D eigenvalue weighted by atomic mass is 10.2. The van der Waals surface area contributed by atoms with Crippen LogP contribution in [0.25, 0.3) is 11.4 Å². The van der Waals surface area contributed by atoms with Crippen LogP contribution >= 0.6 is 0 Å². The molecule has 0 fully saturated rings. The summed E-state index contributed by atoms with van der Waals surface area (Å²) in [6.45, 7) is 0.265. The highest BCUT2D eigenvalue weighted by Crippen LogP contribution is 2.19. The molecule has 2 aromatic heterocycles. The highest BCUT2D eigenvalue weighted by Gasteiger charge is 2.16. The van der Waals surface area contributed by atoms with Crippen molar-refractivity contribution in [2.24, 2.45) is 0 Å². The van der Waals surface area contributed by atoms with Crippen molar-refractivity contribution in [3.63, 3.8) is 0 Å². The van der Waals surface area contributed by atoms with Crippen LogP contribution in [0.2, 0.25) is 0 Å². The van der Waals surface area contributed by atoms with Crippen LogP contribution in [0, 0.1) is 0 Å². The first-order valence-corrected chi connectivity index (χ1v) is 7.05. The predicted octanol–water partition coefficient (Wildman–Crippen LogP) is 2.33. The molecule has 1 amide bonds. The molecule has 0 spiro atoms. The molecule has 1 N–H and O–H groups in total. The van der Waals surface area contributed by atoms with Crippen molar-refractivity contribution in [2.45, 2.75) is 6.54 Å². The molecule has 3 aromatic rings. The van der Waals surface area contributed by atoms with Crippen molar-refractivity contribution >= 4 is 11.6 Å². The van der Waals surface area contributed by atoms with Gasteiger partial charge in [-0.1, -0.05) is 5.16 Å². The largest absolute Gasteiger partial charge is 0.467 e. The molecule has 23 heavy (non-hydrogen) atoms. The van der Waals surface area contributed by atoms with Gasteiger partial charge in [-0.3, -0.25) is 4.79 Å². The highest BCUT2D eigenvalue weighted by atomic mass is 16.5. The Bertz CT molecular complexity index is 776. The van der Waals surface area contributed by atoms with E-state index in [9.17, 15) is 4.79 Å². The molecule has 0 saturated carbocycles. The Morgan fingerprint density at radius 3 is 2.65 bits per heavy atom. The standard InChI is InChI=1S/C16H16N4O3/c1-20(2)12-7-5-11(6-8-12)14-18-16(23-19-14)15(21)17-10-13-4-3-9-22-13/h3-9H,10H2,1-2H3,(H,17,21). The molecule has 0 unspecified atom stereocenters. The van der Waals surface area contributed by atoms with Crippen molar-refractivity contribution < 1.29 is 13.7 Å². The summed E-state index contributed by atoms with van der Waals surface area (Å²) in [6, 6.07) is 11.2. The minimum Gasteiger partial charge on any atom is -0.467 e. The highest BCUT2D eigenvalue weighted by molar-refractivity contribution is 5.89. The normalized spacial score (nSPS) is 10.5. The number of amides is 1. The summed E-state index contributed by atoms with van der Waals surface area (Å²) in [4.78, 5) is 18.1. The summed E-state index contributed by atoms with van der Waals surface area (Å²) >= 11 is 0. The van der Waals surface area contributed by atoms with Gasteiger partial charge in [0.25, 0.3) is 0 Å². The predicted molar refractivity (Wildman–Crippen MR) is 83.9 cm³/mol. The number of aromatic nitrogens is 2. The average molecular weight is 312 g/mol. The van der Waals surface area contributed by atoms with E-state index in [1.807, 2.05) is 43.3 Å². The molecule has 3 rings (SSSR count). The molecule has 0 radical (unpaired) electrons. The Kier molecular flexibility index (Phi) is 4.09. The third kappa shape index (κ3) is 3.39. The lowest BCUT2D eigenvalue weighted by molar-refractivity contribution is 0.0904. The van der Waals surface area contributed by atoms with Gasteiger partial charge in [-0.2, -0.15) is 4.98 Å². The van der Waals surface area contributed by atoms with E-state index in [1.54, 1.807) is 18.4 Å². The zero-order valence-electron chi connectivity index (χ0n) is 12.8. The van der Waals surface area contributed by atoms with Crippen molar-refractivity contribution in [1.29, 1.82) is 0 Å². The molecule has 0 bridgehead atoms. The van der Waals surface area contributed by atoms with E-state index in [4.69, 9.17) is 8.94 Å². The van der Waals surface area contributed by atoms with Gasteiger partial charge in [0, 0.05) is 25.3 Å². The van der Waals surface area contributed by atoms with E-state index in [0.29, 0.717) is 11.6 Å². The topological polar surface area (TPSA) is 84.4 Å². The van der Waals surface area contributed by atoms with Gasteiger partial charge in [-0.25, -0.2) is 0 Å². The minimum absolute atomic E-state index is 0.0803. The number of carbonyl (C=O) groups excluding carboxylic acids is 1. The summed E-state index contributed by atoms with van der Waals surface area (Å²) < 4.78 is 10.2. The molecule has 0 aliphatic heterocycles. The molecule has 1 aromatic carbocycles. The zero-order valence-corrected chi connectivity index (χ0v) is 12.8. The fraction of sp³-hybridized carbons (Fsp3) is 0.188. The Labute approximate surface area is 132 Å².